The number of nitrogens with two attached hydrogens (primary N) is 1. The van der Waals surface area contributed by atoms with E-state index in [0.717, 1.165) is 31.5 Å². The van der Waals surface area contributed by atoms with Gasteiger partial charge in [0, 0.05) is 31.7 Å². The Kier molecular flexibility index (Phi) is 8.25. The first-order valence-corrected chi connectivity index (χ1v) is 8.00. The highest BCUT2D eigenvalue weighted by Crippen LogP contribution is 2.35. The first-order chi connectivity index (χ1) is 10.6. The molecule has 2 N–H and O–H groups in total. The maximum Gasteiger partial charge on any atom is 0.191 e. The maximum atomic E-state index is 13.2. The number of halogens is 2. The highest BCUT2D eigenvalue weighted by molar-refractivity contribution is 14.0. The molecule has 130 valence electrons. The zero-order chi connectivity index (χ0) is 16.0. The third-order valence-corrected chi connectivity index (χ3v) is 4.54. The van der Waals surface area contributed by atoms with E-state index in [1.807, 2.05) is 17.0 Å². The van der Waals surface area contributed by atoms with Crippen molar-refractivity contribution in [1.29, 1.82) is 0 Å². The van der Waals surface area contributed by atoms with E-state index >= 15 is 0 Å². The van der Waals surface area contributed by atoms with Crippen LogP contribution in [-0.4, -0.2) is 43.7 Å². The van der Waals surface area contributed by atoms with Crippen molar-refractivity contribution in [2.75, 3.05) is 32.8 Å². The third kappa shape index (κ3) is 5.04. The van der Waals surface area contributed by atoms with Crippen molar-refractivity contribution in [2.24, 2.45) is 10.7 Å². The number of benzene rings is 1. The summed E-state index contributed by atoms with van der Waals surface area (Å²) in [7, 11) is 0. The van der Waals surface area contributed by atoms with Gasteiger partial charge in [0.2, 0.25) is 0 Å². The van der Waals surface area contributed by atoms with E-state index in [1.165, 1.54) is 12.1 Å². The van der Waals surface area contributed by atoms with Crippen LogP contribution in [0, 0.1) is 5.82 Å². The normalized spacial score (nSPS) is 17.4. The third-order valence-electron chi connectivity index (χ3n) is 4.54. The molecule has 2 rings (SSSR count). The van der Waals surface area contributed by atoms with Crippen molar-refractivity contribution in [3.05, 3.63) is 35.6 Å². The van der Waals surface area contributed by atoms with E-state index in [1.54, 1.807) is 0 Å². The molecule has 23 heavy (non-hydrogen) atoms. The molecular formula is C17H27FIN3O. The van der Waals surface area contributed by atoms with Crippen LogP contribution in [0.4, 0.5) is 4.39 Å². The highest BCUT2D eigenvalue weighted by Gasteiger charge is 2.34. The molecule has 0 atom stereocenters. The molecule has 0 bridgehead atoms. The molecule has 1 aromatic rings. The van der Waals surface area contributed by atoms with Gasteiger partial charge in [-0.05, 0) is 44.4 Å². The first-order valence-electron chi connectivity index (χ1n) is 8.00. The Morgan fingerprint density at radius 2 is 1.78 bits per heavy atom. The second kappa shape index (κ2) is 9.42. The van der Waals surface area contributed by atoms with E-state index in [9.17, 15) is 4.39 Å². The number of hydrogen-bond donors (Lipinski definition) is 1. The van der Waals surface area contributed by atoms with Gasteiger partial charge in [0.15, 0.2) is 5.96 Å². The summed E-state index contributed by atoms with van der Waals surface area (Å²) in [5, 5.41) is 0. The Morgan fingerprint density at radius 1 is 1.22 bits per heavy atom. The summed E-state index contributed by atoms with van der Waals surface area (Å²) >= 11 is 0. The minimum absolute atomic E-state index is 0. The fraction of sp³-hybridized carbons (Fsp3) is 0.588. The second-order valence-corrected chi connectivity index (χ2v) is 5.75. The monoisotopic (exact) mass is 435 g/mol. The summed E-state index contributed by atoms with van der Waals surface area (Å²) in [5.74, 6) is 0.370. The molecule has 0 amide bonds. The molecule has 0 unspecified atom stereocenters. The van der Waals surface area contributed by atoms with E-state index < -0.39 is 0 Å². The minimum atomic E-state index is -0.211. The summed E-state index contributed by atoms with van der Waals surface area (Å²) in [6, 6.07) is 6.77. The standard InChI is InChI=1S/C17H26FN3O.HI/c1-3-21(4-2)16(19)20-13-17(9-11-22-12-10-17)14-5-7-15(18)8-6-14;/h5-8H,3-4,9-13H2,1-2H3,(H2,19,20);1H. The SMILES string of the molecule is CCN(CC)C(N)=NCC1(c2ccc(F)cc2)CCOCC1.I. The molecule has 1 aliphatic rings. The quantitative estimate of drug-likeness (QED) is 0.439. The van der Waals surface area contributed by atoms with E-state index in [2.05, 4.69) is 18.8 Å². The van der Waals surface area contributed by atoms with Crippen LogP contribution >= 0.6 is 24.0 Å². The van der Waals surface area contributed by atoms with Crippen molar-refractivity contribution in [2.45, 2.75) is 32.1 Å². The molecule has 0 aromatic heterocycles. The van der Waals surface area contributed by atoms with Crippen molar-refractivity contribution >= 4 is 29.9 Å². The van der Waals surface area contributed by atoms with Gasteiger partial charge in [-0.25, -0.2) is 4.39 Å². The van der Waals surface area contributed by atoms with Crippen LogP contribution in [0.2, 0.25) is 0 Å². The number of nitrogens with zero attached hydrogens (tertiary/aromatic N) is 2. The van der Waals surface area contributed by atoms with Crippen LogP contribution in [0.15, 0.2) is 29.3 Å². The van der Waals surface area contributed by atoms with Crippen molar-refractivity contribution in [3.63, 3.8) is 0 Å². The van der Waals surface area contributed by atoms with E-state index in [4.69, 9.17) is 10.5 Å². The topological polar surface area (TPSA) is 50.8 Å². The van der Waals surface area contributed by atoms with E-state index in [0.29, 0.717) is 25.7 Å². The number of aliphatic imine (C=N–C) groups is 1. The molecule has 1 fully saturated rings. The molecular weight excluding hydrogens is 408 g/mol. The lowest BCUT2D eigenvalue weighted by Gasteiger charge is -2.37. The number of hydrogen-bond acceptors (Lipinski definition) is 2. The van der Waals surface area contributed by atoms with Gasteiger partial charge in [0.1, 0.15) is 5.82 Å². The van der Waals surface area contributed by atoms with E-state index in [-0.39, 0.29) is 35.2 Å². The molecule has 0 saturated carbocycles. The molecule has 1 aromatic carbocycles. The van der Waals surface area contributed by atoms with Crippen LogP contribution in [0.1, 0.15) is 32.3 Å². The Labute approximate surface area is 155 Å². The lowest BCUT2D eigenvalue weighted by molar-refractivity contribution is 0.0530. The summed E-state index contributed by atoms with van der Waals surface area (Å²) in [6.45, 7) is 7.85. The van der Waals surface area contributed by atoms with Crippen LogP contribution in [-0.2, 0) is 10.2 Å². The average molecular weight is 435 g/mol. The van der Waals surface area contributed by atoms with Gasteiger partial charge >= 0.3 is 0 Å². The first kappa shape index (κ1) is 20.2. The Bertz CT molecular complexity index is 497. The van der Waals surface area contributed by atoms with Crippen molar-refractivity contribution < 1.29 is 9.13 Å². The molecule has 6 heteroatoms. The summed E-state index contributed by atoms with van der Waals surface area (Å²) in [6.07, 6.45) is 1.77. The van der Waals surface area contributed by atoms with Gasteiger partial charge in [-0.2, -0.15) is 0 Å². The van der Waals surface area contributed by atoms with Gasteiger partial charge in [-0.1, -0.05) is 12.1 Å². The number of guanidine groups is 1. The summed E-state index contributed by atoms with van der Waals surface area (Å²) < 4.78 is 18.7. The van der Waals surface area contributed by atoms with Gasteiger partial charge in [-0.15, -0.1) is 24.0 Å². The molecule has 4 nitrogen and oxygen atoms in total. The van der Waals surface area contributed by atoms with Crippen LogP contribution in [0.3, 0.4) is 0 Å². The average Bonchev–Trinajstić information content (AvgIpc) is 2.55. The lowest BCUT2D eigenvalue weighted by atomic mass is 9.74. The van der Waals surface area contributed by atoms with Gasteiger partial charge in [0.25, 0.3) is 0 Å². The lowest BCUT2D eigenvalue weighted by Crippen LogP contribution is -2.41. The zero-order valence-corrected chi connectivity index (χ0v) is 16.3. The van der Waals surface area contributed by atoms with Crippen molar-refractivity contribution in [1.82, 2.24) is 4.90 Å². The molecule has 0 aliphatic carbocycles. The van der Waals surface area contributed by atoms with Crippen LogP contribution in [0.5, 0.6) is 0 Å². The molecule has 1 saturated heterocycles. The molecule has 1 heterocycles. The zero-order valence-electron chi connectivity index (χ0n) is 13.9. The minimum Gasteiger partial charge on any atom is -0.381 e. The van der Waals surface area contributed by atoms with Crippen LogP contribution < -0.4 is 5.73 Å². The van der Waals surface area contributed by atoms with Gasteiger partial charge < -0.3 is 15.4 Å². The number of rotatable bonds is 5. The Morgan fingerprint density at radius 3 is 2.30 bits per heavy atom. The Balaban J connectivity index is 0.00000264. The van der Waals surface area contributed by atoms with Crippen LogP contribution in [0.25, 0.3) is 0 Å². The predicted molar refractivity (Wildman–Crippen MR) is 103 cm³/mol. The fourth-order valence-electron chi connectivity index (χ4n) is 2.98. The summed E-state index contributed by atoms with van der Waals surface area (Å²) in [5.41, 5.74) is 7.11. The second-order valence-electron chi connectivity index (χ2n) is 5.75. The smallest absolute Gasteiger partial charge is 0.191 e. The highest BCUT2D eigenvalue weighted by atomic mass is 127. The molecule has 0 radical (unpaired) electrons. The predicted octanol–water partition coefficient (Wildman–Crippen LogP) is 3.15. The van der Waals surface area contributed by atoms with Gasteiger partial charge in [0.05, 0.1) is 6.54 Å². The fourth-order valence-corrected chi connectivity index (χ4v) is 2.98. The number of ether oxygens (including phenoxy) is 1. The maximum absolute atomic E-state index is 13.2. The van der Waals surface area contributed by atoms with Gasteiger partial charge in [-0.3, -0.25) is 4.99 Å². The summed E-state index contributed by atoms with van der Waals surface area (Å²) in [4.78, 5) is 6.67. The molecule has 1 aliphatic heterocycles. The molecule has 0 spiro atoms. The largest absolute Gasteiger partial charge is 0.381 e. The van der Waals surface area contributed by atoms with Crippen molar-refractivity contribution in [3.8, 4) is 0 Å². The Hall–Kier alpha value is -0.890.